The molecule has 4 rings (SSSR count). The minimum atomic E-state index is -4.79. The van der Waals surface area contributed by atoms with Crippen molar-refractivity contribution in [3.05, 3.63) is 33.8 Å². The van der Waals surface area contributed by atoms with Crippen LogP contribution in [-0.4, -0.2) is 125 Å². The molecule has 19 heteroatoms. The number of likely N-dealkylation sites (tertiary alicyclic amines) is 1. The van der Waals surface area contributed by atoms with Gasteiger partial charge in [-0.2, -0.15) is 13.2 Å². The van der Waals surface area contributed by atoms with Gasteiger partial charge in [0.15, 0.2) is 0 Å². The van der Waals surface area contributed by atoms with Crippen molar-refractivity contribution < 1.29 is 46.7 Å². The van der Waals surface area contributed by atoms with Gasteiger partial charge in [-0.3, -0.25) is 33.6 Å². The highest BCUT2D eigenvalue weighted by molar-refractivity contribution is 6.33. The van der Waals surface area contributed by atoms with Gasteiger partial charge in [-0.15, -0.1) is 0 Å². The highest BCUT2D eigenvalue weighted by Gasteiger charge is 2.62. The third kappa shape index (κ3) is 12.4. The minimum absolute atomic E-state index is 0.0230. The summed E-state index contributed by atoms with van der Waals surface area (Å²) in [6.07, 6.45) is -3.06. The van der Waals surface area contributed by atoms with Crippen LogP contribution in [0, 0.1) is 11.3 Å². The molecule has 0 radical (unpaired) electrons. The van der Waals surface area contributed by atoms with Crippen molar-refractivity contribution in [3.63, 3.8) is 0 Å². The fourth-order valence-electron chi connectivity index (χ4n) is 8.84. The van der Waals surface area contributed by atoms with Gasteiger partial charge < -0.3 is 36.0 Å². The number of carbonyl (C=O) groups is 7. The summed E-state index contributed by atoms with van der Waals surface area (Å²) < 4.78 is 43.6. The second-order valence-corrected chi connectivity index (χ2v) is 19.0. The van der Waals surface area contributed by atoms with Crippen LogP contribution < -0.4 is 21.3 Å². The lowest BCUT2D eigenvalue weighted by Gasteiger charge is -2.41. The molecule has 7 amide bonds. The number of carbonyl (C=O) groups excluding carboxylic acids is 7. The zero-order valence-corrected chi connectivity index (χ0v) is 38.9. The fourth-order valence-corrected chi connectivity index (χ4v) is 9.23. The Morgan fingerprint density at radius 2 is 1.63 bits per heavy atom. The summed E-state index contributed by atoms with van der Waals surface area (Å²) in [5.74, 6) is -5.09. The predicted octanol–water partition coefficient (Wildman–Crippen LogP) is 5.31. The van der Waals surface area contributed by atoms with Crippen LogP contribution in [0.25, 0.3) is 0 Å². The van der Waals surface area contributed by atoms with Gasteiger partial charge >= 0.3 is 6.18 Å². The Bertz CT molecular complexity index is 1860. The van der Waals surface area contributed by atoms with E-state index in [9.17, 15) is 46.7 Å². The number of alkyl halides is 3. The van der Waals surface area contributed by atoms with Gasteiger partial charge in [0, 0.05) is 43.7 Å². The van der Waals surface area contributed by atoms with E-state index in [1.807, 2.05) is 13.8 Å². The molecule has 0 unspecified atom stereocenters. The first-order valence-corrected chi connectivity index (χ1v) is 22.8. The first-order valence-electron chi connectivity index (χ1n) is 22.0. The molecular weight excluding hydrogens is 866 g/mol. The molecule has 1 aliphatic carbocycles. The molecule has 2 aliphatic heterocycles. The van der Waals surface area contributed by atoms with E-state index in [4.69, 9.17) is 23.2 Å². The maximum Gasteiger partial charge on any atom is 0.403 e. The first kappa shape index (κ1) is 51.5. The number of benzene rings is 1. The summed E-state index contributed by atoms with van der Waals surface area (Å²) in [6, 6.07) is -1.26. The summed E-state index contributed by atoms with van der Waals surface area (Å²) in [4.78, 5) is 102. The first-order chi connectivity index (χ1) is 29.4. The van der Waals surface area contributed by atoms with Crippen LogP contribution in [0.4, 0.5) is 13.2 Å². The van der Waals surface area contributed by atoms with Crippen LogP contribution in [0.15, 0.2) is 18.2 Å². The molecule has 63 heavy (non-hydrogen) atoms. The van der Waals surface area contributed by atoms with Gasteiger partial charge in [0.05, 0.1) is 0 Å². The zero-order valence-electron chi connectivity index (χ0n) is 37.4. The Morgan fingerprint density at radius 1 is 0.968 bits per heavy atom. The van der Waals surface area contributed by atoms with Crippen molar-refractivity contribution in [2.24, 2.45) is 11.3 Å². The number of likely N-dealkylation sites (N-methyl/N-ethyl adjacent to an activating group) is 2. The molecule has 352 valence electrons. The summed E-state index contributed by atoms with van der Waals surface area (Å²) in [5.41, 5.74) is -3.51. The van der Waals surface area contributed by atoms with Crippen LogP contribution in [-0.2, 0) is 40.0 Å². The van der Waals surface area contributed by atoms with Crippen LogP contribution in [0.3, 0.4) is 0 Å². The standard InChI is InChI=1S/C44H64Cl2F3N7O7/c1-8-30(51-36(58)33-16-14-22-56(33)41(63)43(44(47,48)49)19-11-9-12-20-43)38(60)54(6)32-15-10-13-21-50-40(62)42(4,5)53-37(59)34(25-27-24-28(45)17-18-29(27)46)55(7)39(61)31(23-26(2)3)52-35(32)57/h17-18,24,26,30-34H,8-16,19-23,25H2,1-7H3,(H,50,62)(H,51,58)(H,52,57)(H,53,59)/t30-,31-,32-,33-,34-/m0/s1. The van der Waals surface area contributed by atoms with Gasteiger partial charge in [-0.25, -0.2) is 0 Å². The molecule has 1 aromatic carbocycles. The highest BCUT2D eigenvalue weighted by Crippen LogP contribution is 2.51. The average molecular weight is 931 g/mol. The summed E-state index contributed by atoms with van der Waals surface area (Å²) in [7, 11) is 2.81. The van der Waals surface area contributed by atoms with Crippen molar-refractivity contribution in [3.8, 4) is 0 Å². The van der Waals surface area contributed by atoms with E-state index < -0.39 is 88.7 Å². The molecule has 1 aromatic rings. The van der Waals surface area contributed by atoms with E-state index in [1.165, 1.54) is 37.7 Å². The van der Waals surface area contributed by atoms with E-state index in [0.29, 0.717) is 41.3 Å². The smallest absolute Gasteiger partial charge is 0.354 e. The third-order valence-electron chi connectivity index (χ3n) is 12.7. The third-order valence-corrected chi connectivity index (χ3v) is 13.3. The van der Waals surface area contributed by atoms with Gasteiger partial charge in [0.1, 0.15) is 41.2 Å². The van der Waals surface area contributed by atoms with Crippen molar-refractivity contribution in [1.29, 1.82) is 0 Å². The SMILES string of the molecule is CC[C@H](NC(=O)[C@@H]1CCCN1C(=O)C1(C(F)(F)F)CCCCC1)C(=O)N(C)[C@H]1CCCCNC(=O)C(C)(C)NC(=O)[C@H](Cc2cc(Cl)ccc2Cl)N(C)C(=O)[C@H](CC(C)C)NC1=O. The molecule has 3 aliphatic rings. The maximum absolute atomic E-state index is 14.5. The van der Waals surface area contributed by atoms with Crippen molar-refractivity contribution in [2.45, 2.75) is 160 Å². The number of nitrogens with one attached hydrogen (secondary N) is 4. The number of amides is 7. The number of halogens is 5. The van der Waals surface area contributed by atoms with Crippen molar-refractivity contribution >= 4 is 64.6 Å². The summed E-state index contributed by atoms with van der Waals surface area (Å²) in [6.45, 7) is 8.56. The lowest BCUT2D eigenvalue weighted by atomic mass is 9.72. The van der Waals surface area contributed by atoms with Gasteiger partial charge in [0.2, 0.25) is 41.4 Å². The van der Waals surface area contributed by atoms with Crippen LogP contribution in [0.1, 0.15) is 117 Å². The van der Waals surface area contributed by atoms with Gasteiger partial charge in [-0.05, 0) is 101 Å². The van der Waals surface area contributed by atoms with Gasteiger partial charge in [-0.1, -0.05) is 63.2 Å². The molecule has 5 atom stereocenters. The number of hydrogen-bond donors (Lipinski definition) is 4. The maximum atomic E-state index is 14.5. The fraction of sp³-hybridized carbons (Fsp3) is 0.705. The largest absolute Gasteiger partial charge is 0.403 e. The Hall–Kier alpha value is -4.12. The molecule has 2 saturated heterocycles. The topological polar surface area (TPSA) is 177 Å². The second kappa shape index (κ2) is 21.7. The highest BCUT2D eigenvalue weighted by atomic mass is 35.5. The van der Waals surface area contributed by atoms with Crippen LogP contribution >= 0.6 is 23.2 Å². The Morgan fingerprint density at radius 3 is 2.25 bits per heavy atom. The normalized spacial score (nSPS) is 24.6. The number of hydrogen-bond acceptors (Lipinski definition) is 7. The second-order valence-electron chi connectivity index (χ2n) is 18.2. The zero-order chi connectivity index (χ0) is 47.0. The Labute approximate surface area is 378 Å². The summed E-state index contributed by atoms with van der Waals surface area (Å²) >= 11 is 12.8. The van der Waals surface area contributed by atoms with E-state index in [1.54, 1.807) is 25.1 Å². The van der Waals surface area contributed by atoms with E-state index >= 15 is 0 Å². The van der Waals surface area contributed by atoms with Gasteiger partial charge in [0.25, 0.3) is 0 Å². The Balaban J connectivity index is 1.62. The molecule has 1 saturated carbocycles. The minimum Gasteiger partial charge on any atom is -0.354 e. The summed E-state index contributed by atoms with van der Waals surface area (Å²) in [5, 5.41) is 11.8. The quantitative estimate of drug-likeness (QED) is 0.246. The average Bonchev–Trinajstić information content (AvgIpc) is 3.72. The monoisotopic (exact) mass is 929 g/mol. The molecule has 0 aromatic heterocycles. The van der Waals surface area contributed by atoms with Crippen LogP contribution in [0.5, 0.6) is 0 Å². The van der Waals surface area contributed by atoms with Crippen LogP contribution in [0.2, 0.25) is 10.0 Å². The molecule has 4 N–H and O–H groups in total. The van der Waals surface area contributed by atoms with Crippen molar-refractivity contribution in [1.82, 2.24) is 36.0 Å². The molecule has 2 heterocycles. The van der Waals surface area contributed by atoms with E-state index in [2.05, 4.69) is 21.3 Å². The molecule has 3 fully saturated rings. The molecular formula is C44H64Cl2F3N7O7. The molecule has 0 bridgehead atoms. The van der Waals surface area contributed by atoms with E-state index in [0.717, 1.165) is 4.90 Å². The van der Waals surface area contributed by atoms with E-state index in [-0.39, 0.29) is 76.8 Å². The molecule has 0 spiro atoms. The van der Waals surface area contributed by atoms with Crippen molar-refractivity contribution in [2.75, 3.05) is 27.2 Å². The predicted molar refractivity (Wildman–Crippen MR) is 232 cm³/mol. The number of nitrogens with zero attached hydrogens (tertiary/aromatic N) is 3. The number of rotatable bonds is 10. The lowest BCUT2D eigenvalue weighted by molar-refractivity contribution is -0.236. The lowest BCUT2D eigenvalue weighted by Crippen LogP contribution is -2.62. The molecule has 14 nitrogen and oxygen atoms in total. The Kier molecular flexibility index (Phi) is 17.7.